The van der Waals surface area contributed by atoms with Crippen LogP contribution in [0.5, 0.6) is 0 Å². The fraction of sp³-hybridized carbons (Fsp3) is 0.500. The summed E-state index contributed by atoms with van der Waals surface area (Å²) in [6.07, 6.45) is 5.60. The van der Waals surface area contributed by atoms with E-state index in [1.54, 1.807) is 12.4 Å². The number of carbonyl (C=O) groups is 1. The molecule has 4 heteroatoms. The maximum absolute atomic E-state index is 11.6. The van der Waals surface area contributed by atoms with Crippen LogP contribution in [-0.2, 0) is 11.2 Å². The fourth-order valence-electron chi connectivity index (χ4n) is 1.10. The lowest BCUT2D eigenvalue weighted by Gasteiger charge is -2.10. The first-order valence-corrected chi connectivity index (χ1v) is 5.44. The molecule has 1 aromatic rings. The number of aromatic nitrogens is 2. The Bertz CT molecular complexity index is 300. The highest BCUT2D eigenvalue weighted by atomic mass is 79.9. The van der Waals surface area contributed by atoms with E-state index in [-0.39, 0.29) is 16.5 Å². The molecule has 0 fully saturated rings. The van der Waals surface area contributed by atoms with E-state index in [0.29, 0.717) is 6.42 Å². The quantitative estimate of drug-likeness (QED) is 0.775. The fourth-order valence-corrected chi connectivity index (χ4v) is 2.01. The van der Waals surface area contributed by atoms with Gasteiger partial charge in [0.05, 0.1) is 4.83 Å². The lowest BCUT2D eigenvalue weighted by atomic mass is 10.0. The predicted octanol–water partition coefficient (Wildman–Crippen LogP) is 2.01. The van der Waals surface area contributed by atoms with Gasteiger partial charge in [0, 0.05) is 18.3 Å². The summed E-state index contributed by atoms with van der Waals surface area (Å²) < 4.78 is 0. The first-order chi connectivity index (χ1) is 6.61. The number of ketones is 1. The Morgan fingerprint density at radius 2 is 2.00 bits per heavy atom. The van der Waals surface area contributed by atoms with E-state index in [4.69, 9.17) is 0 Å². The van der Waals surface area contributed by atoms with E-state index in [9.17, 15) is 4.79 Å². The zero-order valence-corrected chi connectivity index (χ0v) is 9.86. The summed E-state index contributed by atoms with van der Waals surface area (Å²) in [6, 6.07) is 0. The minimum absolute atomic E-state index is 0.0593. The van der Waals surface area contributed by atoms with Crippen molar-refractivity contribution in [2.45, 2.75) is 25.1 Å². The maximum atomic E-state index is 11.6. The molecule has 76 valence electrons. The summed E-state index contributed by atoms with van der Waals surface area (Å²) in [4.78, 5) is 19.2. The number of hydrogen-bond donors (Lipinski definition) is 0. The normalized spacial score (nSPS) is 12.9. The van der Waals surface area contributed by atoms with Crippen molar-refractivity contribution < 1.29 is 4.79 Å². The lowest BCUT2D eigenvalue weighted by molar-refractivity contribution is -0.121. The highest BCUT2D eigenvalue weighted by molar-refractivity contribution is 9.10. The van der Waals surface area contributed by atoms with E-state index in [1.807, 2.05) is 13.8 Å². The van der Waals surface area contributed by atoms with Gasteiger partial charge in [0.1, 0.15) is 12.1 Å². The van der Waals surface area contributed by atoms with Crippen molar-refractivity contribution in [1.82, 2.24) is 9.97 Å². The smallest absolute Gasteiger partial charge is 0.149 e. The van der Waals surface area contributed by atoms with Crippen LogP contribution in [-0.4, -0.2) is 20.6 Å². The lowest BCUT2D eigenvalue weighted by Crippen LogP contribution is -2.21. The predicted molar refractivity (Wildman–Crippen MR) is 58.3 cm³/mol. The first-order valence-electron chi connectivity index (χ1n) is 4.53. The third-order valence-corrected chi connectivity index (χ3v) is 2.68. The summed E-state index contributed by atoms with van der Waals surface area (Å²) >= 11 is 3.38. The second kappa shape index (κ2) is 5.20. The Hall–Kier alpha value is -0.770. The molecule has 1 unspecified atom stereocenters. The molecule has 0 spiro atoms. The molecule has 0 saturated heterocycles. The Labute approximate surface area is 92.1 Å². The Kier molecular flexibility index (Phi) is 4.20. The van der Waals surface area contributed by atoms with E-state index >= 15 is 0 Å². The summed E-state index contributed by atoms with van der Waals surface area (Å²) in [6.45, 7) is 3.80. The molecule has 14 heavy (non-hydrogen) atoms. The number of carbonyl (C=O) groups excluding carboxylic acids is 1. The molecule has 1 aromatic heterocycles. The molecule has 3 nitrogen and oxygen atoms in total. The topological polar surface area (TPSA) is 42.9 Å². The van der Waals surface area contributed by atoms with Crippen LogP contribution in [0.15, 0.2) is 18.7 Å². The van der Waals surface area contributed by atoms with Gasteiger partial charge in [-0.15, -0.1) is 0 Å². The zero-order valence-electron chi connectivity index (χ0n) is 8.27. The largest absolute Gasteiger partial charge is 0.298 e. The summed E-state index contributed by atoms with van der Waals surface area (Å²) in [5.41, 5.74) is 0.975. The van der Waals surface area contributed by atoms with Crippen LogP contribution < -0.4 is 0 Å². The molecule has 0 radical (unpaired) electrons. The number of halogens is 1. The van der Waals surface area contributed by atoms with Gasteiger partial charge >= 0.3 is 0 Å². The SMILES string of the molecule is CC(C)C(=O)C(Br)Cc1cncnc1. The van der Waals surface area contributed by atoms with Gasteiger partial charge in [-0.1, -0.05) is 29.8 Å². The Balaban J connectivity index is 2.57. The average molecular weight is 257 g/mol. The molecule has 1 rings (SSSR count). The number of alkyl halides is 1. The summed E-state index contributed by atoms with van der Waals surface area (Å²) in [5, 5.41) is 0. The molecule has 0 aliphatic heterocycles. The molecule has 0 aliphatic carbocycles. The van der Waals surface area contributed by atoms with Gasteiger partial charge in [-0.3, -0.25) is 4.79 Å². The van der Waals surface area contributed by atoms with Gasteiger partial charge in [0.2, 0.25) is 0 Å². The number of hydrogen-bond acceptors (Lipinski definition) is 3. The summed E-state index contributed by atoms with van der Waals surface area (Å²) in [5.74, 6) is 0.276. The molecule has 0 amide bonds. The monoisotopic (exact) mass is 256 g/mol. The van der Waals surface area contributed by atoms with E-state index in [0.717, 1.165) is 5.56 Å². The molecule has 1 atom stereocenters. The first kappa shape index (κ1) is 11.3. The van der Waals surface area contributed by atoms with E-state index in [2.05, 4.69) is 25.9 Å². The van der Waals surface area contributed by atoms with Crippen LogP contribution in [0.3, 0.4) is 0 Å². The van der Waals surface area contributed by atoms with Crippen LogP contribution in [0, 0.1) is 5.92 Å². The highest BCUT2D eigenvalue weighted by Crippen LogP contribution is 2.13. The van der Waals surface area contributed by atoms with Crippen molar-refractivity contribution in [3.8, 4) is 0 Å². The van der Waals surface area contributed by atoms with Crippen LogP contribution in [0.2, 0.25) is 0 Å². The number of nitrogens with zero attached hydrogens (tertiary/aromatic N) is 2. The molecule has 1 heterocycles. The van der Waals surface area contributed by atoms with E-state index < -0.39 is 0 Å². The molecular formula is C10H13BrN2O. The van der Waals surface area contributed by atoms with Crippen LogP contribution >= 0.6 is 15.9 Å². The van der Waals surface area contributed by atoms with Crippen molar-refractivity contribution in [2.75, 3.05) is 0 Å². The van der Waals surface area contributed by atoms with Crippen molar-refractivity contribution in [2.24, 2.45) is 5.92 Å². The Morgan fingerprint density at radius 3 is 2.50 bits per heavy atom. The standard InChI is InChI=1S/C10H13BrN2O/c1-7(2)10(14)9(11)3-8-4-12-6-13-5-8/h4-7,9H,3H2,1-2H3. The highest BCUT2D eigenvalue weighted by Gasteiger charge is 2.18. The average Bonchev–Trinajstić information content (AvgIpc) is 2.18. The van der Waals surface area contributed by atoms with Crippen molar-refractivity contribution in [1.29, 1.82) is 0 Å². The van der Waals surface area contributed by atoms with Crippen molar-refractivity contribution >= 4 is 21.7 Å². The minimum Gasteiger partial charge on any atom is -0.298 e. The van der Waals surface area contributed by atoms with Gasteiger partial charge in [-0.2, -0.15) is 0 Å². The Morgan fingerprint density at radius 1 is 1.43 bits per heavy atom. The molecule has 0 N–H and O–H groups in total. The van der Waals surface area contributed by atoms with Gasteiger partial charge in [-0.05, 0) is 12.0 Å². The minimum atomic E-state index is -0.131. The van der Waals surface area contributed by atoms with Crippen molar-refractivity contribution in [3.63, 3.8) is 0 Å². The molecular weight excluding hydrogens is 244 g/mol. The number of rotatable bonds is 4. The van der Waals surface area contributed by atoms with Gasteiger partial charge in [0.25, 0.3) is 0 Å². The molecule has 0 saturated carbocycles. The van der Waals surface area contributed by atoms with Gasteiger partial charge < -0.3 is 0 Å². The maximum Gasteiger partial charge on any atom is 0.149 e. The summed E-state index contributed by atoms with van der Waals surface area (Å²) in [7, 11) is 0. The van der Waals surface area contributed by atoms with Crippen LogP contribution in [0.4, 0.5) is 0 Å². The van der Waals surface area contributed by atoms with Crippen LogP contribution in [0.25, 0.3) is 0 Å². The third kappa shape index (κ3) is 3.18. The van der Waals surface area contributed by atoms with Gasteiger partial charge in [-0.25, -0.2) is 9.97 Å². The van der Waals surface area contributed by atoms with Gasteiger partial charge in [0.15, 0.2) is 0 Å². The second-order valence-corrected chi connectivity index (χ2v) is 4.58. The molecule has 0 aromatic carbocycles. The zero-order chi connectivity index (χ0) is 10.6. The van der Waals surface area contributed by atoms with Crippen molar-refractivity contribution in [3.05, 3.63) is 24.3 Å². The third-order valence-electron chi connectivity index (χ3n) is 1.91. The van der Waals surface area contributed by atoms with Crippen LogP contribution in [0.1, 0.15) is 19.4 Å². The molecule has 0 bridgehead atoms. The number of Topliss-reactive ketones (excluding diaryl/α,β-unsaturated/α-hetero) is 1. The second-order valence-electron chi connectivity index (χ2n) is 3.48. The van der Waals surface area contributed by atoms with E-state index in [1.165, 1.54) is 6.33 Å². The molecule has 0 aliphatic rings.